The number of hydrogen-bond donors (Lipinski definition) is 1. The highest BCUT2D eigenvalue weighted by atomic mass is 16.5. The number of ether oxygens (including phenoxy) is 2. The summed E-state index contributed by atoms with van der Waals surface area (Å²) >= 11 is 0. The molecule has 0 radical (unpaired) electrons. The zero-order chi connectivity index (χ0) is 12.5. The highest BCUT2D eigenvalue weighted by Gasteiger charge is 2.03. The van der Waals surface area contributed by atoms with Crippen molar-refractivity contribution in [3.05, 3.63) is 12.4 Å². The Bertz CT molecular complexity index is 320. The van der Waals surface area contributed by atoms with E-state index < -0.39 is 0 Å². The molecule has 1 aromatic heterocycles. The number of methoxy groups -OCH3 is 1. The van der Waals surface area contributed by atoms with Crippen LogP contribution in [0.5, 0.6) is 5.88 Å². The SMILES string of the molecule is CCCOc1cc(NCC(C)COC)ncn1. The van der Waals surface area contributed by atoms with Crippen molar-refractivity contribution in [2.24, 2.45) is 5.92 Å². The molecule has 1 atom stereocenters. The van der Waals surface area contributed by atoms with Gasteiger partial charge in [0.2, 0.25) is 5.88 Å². The molecular formula is C12H21N3O2. The zero-order valence-corrected chi connectivity index (χ0v) is 10.8. The van der Waals surface area contributed by atoms with E-state index >= 15 is 0 Å². The predicted molar refractivity (Wildman–Crippen MR) is 67.3 cm³/mol. The first-order chi connectivity index (χ1) is 8.26. The Morgan fingerprint density at radius 1 is 1.41 bits per heavy atom. The fourth-order valence-corrected chi connectivity index (χ4v) is 1.34. The van der Waals surface area contributed by atoms with E-state index in [1.165, 1.54) is 6.33 Å². The van der Waals surface area contributed by atoms with Gasteiger partial charge in [-0.1, -0.05) is 13.8 Å². The number of nitrogens with one attached hydrogen (secondary N) is 1. The number of anilines is 1. The van der Waals surface area contributed by atoms with Gasteiger partial charge >= 0.3 is 0 Å². The van der Waals surface area contributed by atoms with E-state index in [2.05, 4.69) is 29.1 Å². The Balaban J connectivity index is 2.42. The second kappa shape index (κ2) is 7.84. The molecule has 0 aliphatic carbocycles. The Hall–Kier alpha value is -1.36. The molecule has 0 spiro atoms. The van der Waals surface area contributed by atoms with Crippen molar-refractivity contribution < 1.29 is 9.47 Å². The molecule has 0 aliphatic heterocycles. The minimum Gasteiger partial charge on any atom is -0.478 e. The van der Waals surface area contributed by atoms with Gasteiger partial charge < -0.3 is 14.8 Å². The van der Waals surface area contributed by atoms with Crippen LogP contribution in [0.25, 0.3) is 0 Å². The lowest BCUT2D eigenvalue weighted by Gasteiger charge is -2.12. The molecular weight excluding hydrogens is 218 g/mol. The van der Waals surface area contributed by atoms with Crippen molar-refractivity contribution >= 4 is 5.82 Å². The third-order valence-corrected chi connectivity index (χ3v) is 2.18. The van der Waals surface area contributed by atoms with Crippen molar-refractivity contribution in [2.75, 3.05) is 32.2 Å². The molecule has 0 saturated heterocycles. The standard InChI is InChI=1S/C12H21N3O2/c1-4-5-17-12-6-11(14-9-15-12)13-7-10(2)8-16-3/h6,9-10H,4-5,7-8H2,1-3H3,(H,13,14,15). The van der Waals surface area contributed by atoms with E-state index in [0.29, 0.717) is 18.4 Å². The first-order valence-corrected chi connectivity index (χ1v) is 5.94. The minimum absolute atomic E-state index is 0.440. The lowest BCUT2D eigenvalue weighted by molar-refractivity contribution is 0.164. The summed E-state index contributed by atoms with van der Waals surface area (Å²) in [6.07, 6.45) is 2.48. The number of hydrogen-bond acceptors (Lipinski definition) is 5. The molecule has 0 fully saturated rings. The molecule has 1 unspecified atom stereocenters. The minimum atomic E-state index is 0.440. The average Bonchev–Trinajstić information content (AvgIpc) is 2.35. The summed E-state index contributed by atoms with van der Waals surface area (Å²) in [5.74, 6) is 1.84. The quantitative estimate of drug-likeness (QED) is 0.751. The summed E-state index contributed by atoms with van der Waals surface area (Å²) in [5.41, 5.74) is 0. The van der Waals surface area contributed by atoms with Gasteiger partial charge in [0.1, 0.15) is 12.1 Å². The van der Waals surface area contributed by atoms with Crippen LogP contribution >= 0.6 is 0 Å². The van der Waals surface area contributed by atoms with Gasteiger partial charge in [0.05, 0.1) is 13.2 Å². The molecule has 0 aliphatic rings. The van der Waals surface area contributed by atoms with Crippen LogP contribution in [0.3, 0.4) is 0 Å². The van der Waals surface area contributed by atoms with Crippen LogP contribution in [0.4, 0.5) is 5.82 Å². The van der Waals surface area contributed by atoms with Gasteiger partial charge in [-0.25, -0.2) is 9.97 Å². The third-order valence-electron chi connectivity index (χ3n) is 2.18. The summed E-state index contributed by atoms with van der Waals surface area (Å²) in [6, 6.07) is 1.81. The van der Waals surface area contributed by atoms with Crippen molar-refractivity contribution in [3.63, 3.8) is 0 Å². The second-order valence-corrected chi connectivity index (χ2v) is 4.03. The Labute approximate surface area is 103 Å². The Morgan fingerprint density at radius 2 is 2.24 bits per heavy atom. The summed E-state index contributed by atoms with van der Waals surface area (Å²) in [5, 5.41) is 3.23. The van der Waals surface area contributed by atoms with Crippen molar-refractivity contribution in [3.8, 4) is 5.88 Å². The van der Waals surface area contributed by atoms with Gasteiger partial charge in [-0.05, 0) is 12.3 Å². The van der Waals surface area contributed by atoms with E-state index in [9.17, 15) is 0 Å². The highest BCUT2D eigenvalue weighted by molar-refractivity contribution is 5.36. The van der Waals surface area contributed by atoms with E-state index in [0.717, 1.165) is 25.4 Å². The maximum Gasteiger partial charge on any atom is 0.218 e. The molecule has 1 aromatic rings. The Morgan fingerprint density at radius 3 is 2.94 bits per heavy atom. The van der Waals surface area contributed by atoms with Crippen LogP contribution in [0.1, 0.15) is 20.3 Å². The first-order valence-electron chi connectivity index (χ1n) is 5.94. The maximum atomic E-state index is 5.43. The summed E-state index contributed by atoms with van der Waals surface area (Å²) in [6.45, 7) is 6.41. The largest absolute Gasteiger partial charge is 0.478 e. The number of aromatic nitrogens is 2. The molecule has 5 heteroatoms. The van der Waals surface area contributed by atoms with Crippen LogP contribution in [0.2, 0.25) is 0 Å². The first kappa shape index (κ1) is 13.7. The van der Waals surface area contributed by atoms with E-state index in [1.54, 1.807) is 7.11 Å². The molecule has 1 N–H and O–H groups in total. The van der Waals surface area contributed by atoms with Gasteiger partial charge in [-0.15, -0.1) is 0 Å². The molecule has 1 rings (SSSR count). The van der Waals surface area contributed by atoms with E-state index in [-0.39, 0.29) is 0 Å². The van der Waals surface area contributed by atoms with Crippen LogP contribution in [0, 0.1) is 5.92 Å². The Kier molecular flexibility index (Phi) is 6.32. The second-order valence-electron chi connectivity index (χ2n) is 4.03. The summed E-state index contributed by atoms with van der Waals surface area (Å²) in [7, 11) is 1.71. The maximum absolute atomic E-state index is 5.43. The van der Waals surface area contributed by atoms with Crippen molar-refractivity contribution in [2.45, 2.75) is 20.3 Å². The molecule has 0 saturated carbocycles. The average molecular weight is 239 g/mol. The highest BCUT2D eigenvalue weighted by Crippen LogP contribution is 2.11. The van der Waals surface area contributed by atoms with Crippen LogP contribution in [-0.4, -0.2) is 36.8 Å². The fourth-order valence-electron chi connectivity index (χ4n) is 1.34. The summed E-state index contributed by atoms with van der Waals surface area (Å²) in [4.78, 5) is 8.18. The monoisotopic (exact) mass is 239 g/mol. The smallest absolute Gasteiger partial charge is 0.218 e. The molecule has 0 amide bonds. The van der Waals surface area contributed by atoms with Gasteiger partial charge in [0.15, 0.2) is 0 Å². The van der Waals surface area contributed by atoms with Crippen LogP contribution < -0.4 is 10.1 Å². The molecule has 1 heterocycles. The van der Waals surface area contributed by atoms with Crippen LogP contribution in [0.15, 0.2) is 12.4 Å². The zero-order valence-electron chi connectivity index (χ0n) is 10.8. The van der Waals surface area contributed by atoms with Crippen molar-refractivity contribution in [1.82, 2.24) is 9.97 Å². The molecule has 96 valence electrons. The third kappa shape index (κ3) is 5.49. The molecule has 5 nitrogen and oxygen atoms in total. The normalized spacial score (nSPS) is 12.2. The van der Waals surface area contributed by atoms with Gasteiger partial charge in [-0.2, -0.15) is 0 Å². The number of rotatable bonds is 8. The summed E-state index contributed by atoms with van der Waals surface area (Å²) < 4.78 is 10.5. The van der Waals surface area contributed by atoms with Gasteiger partial charge in [-0.3, -0.25) is 0 Å². The number of nitrogens with zero attached hydrogens (tertiary/aromatic N) is 2. The van der Waals surface area contributed by atoms with E-state index in [1.807, 2.05) is 6.07 Å². The lowest BCUT2D eigenvalue weighted by atomic mass is 10.2. The lowest BCUT2D eigenvalue weighted by Crippen LogP contribution is -2.16. The predicted octanol–water partition coefficient (Wildman–Crippen LogP) is 1.96. The van der Waals surface area contributed by atoms with Gasteiger partial charge in [0.25, 0.3) is 0 Å². The molecule has 0 aromatic carbocycles. The van der Waals surface area contributed by atoms with Crippen molar-refractivity contribution in [1.29, 1.82) is 0 Å². The fraction of sp³-hybridized carbons (Fsp3) is 0.667. The topological polar surface area (TPSA) is 56.3 Å². The molecule has 17 heavy (non-hydrogen) atoms. The van der Waals surface area contributed by atoms with Gasteiger partial charge in [0, 0.05) is 19.7 Å². The molecule has 0 bridgehead atoms. The van der Waals surface area contributed by atoms with Crippen LogP contribution in [-0.2, 0) is 4.74 Å². The van der Waals surface area contributed by atoms with E-state index in [4.69, 9.17) is 9.47 Å².